The van der Waals surface area contributed by atoms with Crippen molar-refractivity contribution in [1.29, 1.82) is 0 Å². The molecule has 10 atom stereocenters. The average Bonchev–Trinajstić information content (AvgIpc) is 3.67. The molecule has 0 aromatic rings. The summed E-state index contributed by atoms with van der Waals surface area (Å²) >= 11 is 0. The molecule has 0 N–H and O–H groups in total. The van der Waals surface area contributed by atoms with Crippen molar-refractivity contribution in [3.8, 4) is 0 Å². The van der Waals surface area contributed by atoms with Crippen molar-refractivity contribution < 1.29 is 14.3 Å². The number of hydrogen-bond donors (Lipinski definition) is 0. The molecule has 0 aromatic carbocycles. The molecule has 4 unspecified atom stereocenters. The first-order valence-electron chi connectivity index (χ1n) is 17.9. The lowest BCUT2D eigenvalue weighted by Crippen LogP contribution is -2.65. The highest BCUT2D eigenvalue weighted by molar-refractivity contribution is 5.95. The van der Waals surface area contributed by atoms with Gasteiger partial charge >= 0.3 is 0 Å². The molecular formula is C37H57NO3. The zero-order valence-corrected chi connectivity index (χ0v) is 26.5. The highest BCUT2D eigenvalue weighted by Gasteiger charge is 2.84. The van der Waals surface area contributed by atoms with Crippen molar-refractivity contribution in [3.63, 3.8) is 0 Å². The summed E-state index contributed by atoms with van der Waals surface area (Å²) in [5, 5.41) is 0. The summed E-state index contributed by atoms with van der Waals surface area (Å²) < 4.78 is 7.49. The van der Waals surface area contributed by atoms with Crippen molar-refractivity contribution >= 4 is 12.1 Å². The Kier molecular flexibility index (Phi) is 7.41. The van der Waals surface area contributed by atoms with Gasteiger partial charge in [0.1, 0.15) is 12.1 Å². The SMILES string of the molecule is CC(=O)C12C(C(C)C)=CC3CC1(C=O)[C@@H]1CC[C@@H](C)[C@H]1CC32[C@H]1C[C@@H](CC2CCCCC2)[C@H](CN2CCCCC2)O1. The van der Waals surface area contributed by atoms with Crippen LogP contribution in [0.5, 0.6) is 0 Å². The highest BCUT2D eigenvalue weighted by Crippen LogP contribution is 2.84. The molecule has 2 heterocycles. The Labute approximate surface area is 249 Å². The van der Waals surface area contributed by atoms with Crippen LogP contribution in [0, 0.1) is 57.7 Å². The van der Waals surface area contributed by atoms with Gasteiger partial charge in [0.05, 0.1) is 17.6 Å². The van der Waals surface area contributed by atoms with Gasteiger partial charge in [0, 0.05) is 17.4 Å². The Bertz CT molecular complexity index is 1030. The molecule has 5 aliphatic carbocycles. The largest absolute Gasteiger partial charge is 0.373 e. The predicted octanol–water partition coefficient (Wildman–Crippen LogP) is 7.65. The second-order valence-corrected chi connectivity index (χ2v) is 16.4. The fourth-order valence-electron chi connectivity index (χ4n) is 13.0. The van der Waals surface area contributed by atoms with Crippen LogP contribution in [0.3, 0.4) is 0 Å². The molecule has 0 radical (unpaired) electrons. The average molecular weight is 564 g/mol. The maximum atomic E-state index is 14.5. The van der Waals surface area contributed by atoms with Crippen LogP contribution in [0.2, 0.25) is 0 Å². The number of ketones is 1. The number of rotatable bonds is 8. The molecule has 6 fully saturated rings. The molecule has 7 aliphatic rings. The fourth-order valence-corrected chi connectivity index (χ4v) is 13.0. The number of carbonyl (C=O) groups excluding carboxylic acids is 2. The number of hydrogen-bond acceptors (Lipinski definition) is 4. The Balaban J connectivity index is 1.30. The number of aldehydes is 1. The normalized spacial score (nSPS) is 48.0. The molecule has 4 bridgehead atoms. The van der Waals surface area contributed by atoms with E-state index in [0.29, 0.717) is 29.6 Å². The molecule has 0 amide bonds. The van der Waals surface area contributed by atoms with Crippen LogP contribution >= 0.6 is 0 Å². The van der Waals surface area contributed by atoms with Crippen LogP contribution < -0.4 is 0 Å². The van der Waals surface area contributed by atoms with Gasteiger partial charge in [-0.05, 0) is 106 Å². The third kappa shape index (κ3) is 3.90. The van der Waals surface area contributed by atoms with Crippen molar-refractivity contribution in [2.24, 2.45) is 57.7 Å². The van der Waals surface area contributed by atoms with Crippen LogP contribution in [-0.4, -0.2) is 48.8 Å². The molecule has 228 valence electrons. The summed E-state index contributed by atoms with van der Waals surface area (Å²) in [6, 6.07) is 0. The zero-order chi connectivity index (χ0) is 28.6. The number of likely N-dealkylation sites (tertiary alicyclic amines) is 1. The number of allylic oxidation sites excluding steroid dienone is 2. The first-order valence-corrected chi connectivity index (χ1v) is 17.9. The highest BCUT2D eigenvalue weighted by atomic mass is 16.5. The summed E-state index contributed by atoms with van der Waals surface area (Å²) in [5.74, 6) is 3.78. The van der Waals surface area contributed by atoms with Gasteiger partial charge in [-0.1, -0.05) is 77.4 Å². The third-order valence-electron chi connectivity index (χ3n) is 14.4. The van der Waals surface area contributed by atoms with Crippen LogP contribution in [0.15, 0.2) is 11.6 Å². The molecule has 2 saturated heterocycles. The van der Waals surface area contributed by atoms with E-state index in [9.17, 15) is 9.59 Å². The zero-order valence-electron chi connectivity index (χ0n) is 26.5. The molecule has 2 aliphatic heterocycles. The van der Waals surface area contributed by atoms with Crippen LogP contribution in [0.1, 0.15) is 118 Å². The quantitative estimate of drug-likeness (QED) is 0.225. The number of carbonyl (C=O) groups is 2. The monoisotopic (exact) mass is 563 g/mol. The summed E-state index contributed by atoms with van der Waals surface area (Å²) in [5.41, 5.74) is -0.163. The minimum Gasteiger partial charge on any atom is -0.373 e. The van der Waals surface area contributed by atoms with Crippen LogP contribution in [0.4, 0.5) is 0 Å². The second-order valence-electron chi connectivity index (χ2n) is 16.4. The van der Waals surface area contributed by atoms with Gasteiger partial charge in [-0.25, -0.2) is 0 Å². The number of ether oxygens (including phenoxy) is 1. The van der Waals surface area contributed by atoms with Crippen molar-refractivity contribution in [2.75, 3.05) is 19.6 Å². The minimum atomic E-state index is -0.675. The van der Waals surface area contributed by atoms with Crippen molar-refractivity contribution in [2.45, 2.75) is 130 Å². The molecular weight excluding hydrogens is 506 g/mol. The molecule has 0 spiro atoms. The molecule has 7 rings (SSSR count). The predicted molar refractivity (Wildman–Crippen MR) is 163 cm³/mol. The Hall–Kier alpha value is -1.00. The third-order valence-corrected chi connectivity index (χ3v) is 14.4. The van der Waals surface area contributed by atoms with E-state index in [1.807, 2.05) is 6.92 Å². The lowest BCUT2D eigenvalue weighted by atomic mass is 9.40. The van der Waals surface area contributed by atoms with Crippen LogP contribution in [-0.2, 0) is 14.3 Å². The molecule has 4 heteroatoms. The number of Topliss-reactive ketones (excluding diaryl/α,β-unsaturated/α-hetero) is 1. The van der Waals surface area contributed by atoms with Gasteiger partial charge in [-0.2, -0.15) is 0 Å². The van der Waals surface area contributed by atoms with Crippen molar-refractivity contribution in [3.05, 3.63) is 11.6 Å². The first kappa shape index (κ1) is 28.8. The first-order chi connectivity index (χ1) is 19.8. The maximum Gasteiger partial charge on any atom is 0.141 e. The van der Waals surface area contributed by atoms with E-state index >= 15 is 0 Å². The topological polar surface area (TPSA) is 46.6 Å². The lowest BCUT2D eigenvalue weighted by Gasteiger charge is -2.61. The number of fused-ring (bicyclic) bond motifs is 2. The van der Waals surface area contributed by atoms with Crippen LogP contribution in [0.25, 0.3) is 0 Å². The van der Waals surface area contributed by atoms with Gasteiger partial charge in [-0.3, -0.25) is 4.79 Å². The van der Waals surface area contributed by atoms with E-state index in [1.54, 1.807) is 0 Å². The van der Waals surface area contributed by atoms with E-state index in [2.05, 4.69) is 31.7 Å². The fraction of sp³-hybridized carbons (Fsp3) is 0.892. The Morgan fingerprint density at radius 1 is 1.05 bits per heavy atom. The Morgan fingerprint density at radius 3 is 2.46 bits per heavy atom. The standard InChI is InChI=1S/C37H57NO3/c1-24(2)32-19-29-20-35(23-39)31-14-13-25(3)30(31)21-36(29,37(32,35)26(4)40)34-18-28(17-27-11-7-5-8-12-27)33(41-34)22-38-15-9-6-10-16-38/h19,23-25,27-31,33-34H,5-18,20-22H2,1-4H3/t25-,28-,29?,30-,31-,33+,34-,35?,36?,37?/m1/s1. The Morgan fingerprint density at radius 2 is 1.78 bits per heavy atom. The molecule has 0 aromatic heterocycles. The lowest BCUT2D eigenvalue weighted by molar-refractivity contribution is -0.182. The summed E-state index contributed by atoms with van der Waals surface area (Å²) in [4.78, 5) is 30.8. The van der Waals surface area contributed by atoms with Gasteiger partial charge in [0.2, 0.25) is 0 Å². The molecule has 4 saturated carbocycles. The van der Waals surface area contributed by atoms with Crippen molar-refractivity contribution in [1.82, 2.24) is 4.90 Å². The van der Waals surface area contributed by atoms with Gasteiger partial charge in [-0.15, -0.1) is 0 Å². The minimum absolute atomic E-state index is 0.0860. The van der Waals surface area contributed by atoms with E-state index in [1.165, 1.54) is 89.2 Å². The smallest absolute Gasteiger partial charge is 0.141 e. The van der Waals surface area contributed by atoms with E-state index in [4.69, 9.17) is 4.74 Å². The number of nitrogens with zero attached hydrogens (tertiary/aromatic N) is 1. The second kappa shape index (κ2) is 10.6. The van der Waals surface area contributed by atoms with Gasteiger partial charge in [0.25, 0.3) is 0 Å². The number of piperidine rings is 1. The summed E-state index contributed by atoms with van der Waals surface area (Å²) in [6.07, 6.45) is 21.8. The van der Waals surface area contributed by atoms with E-state index in [0.717, 1.165) is 38.1 Å². The van der Waals surface area contributed by atoms with E-state index < -0.39 is 10.8 Å². The molecule has 41 heavy (non-hydrogen) atoms. The maximum absolute atomic E-state index is 14.5. The summed E-state index contributed by atoms with van der Waals surface area (Å²) in [7, 11) is 0. The van der Waals surface area contributed by atoms with E-state index in [-0.39, 0.29) is 29.3 Å². The molecule has 4 nitrogen and oxygen atoms in total. The van der Waals surface area contributed by atoms with Gasteiger partial charge in [0.15, 0.2) is 0 Å². The summed E-state index contributed by atoms with van der Waals surface area (Å²) in [6.45, 7) is 12.3. The van der Waals surface area contributed by atoms with Gasteiger partial charge < -0.3 is 14.4 Å².